The van der Waals surface area contributed by atoms with E-state index >= 15 is 0 Å². The van der Waals surface area contributed by atoms with Gasteiger partial charge in [-0.25, -0.2) is 0 Å². The lowest BCUT2D eigenvalue weighted by Crippen LogP contribution is -1.82. The van der Waals surface area contributed by atoms with Gasteiger partial charge in [-0.05, 0) is 40.8 Å². The summed E-state index contributed by atoms with van der Waals surface area (Å²) >= 11 is 1.74. The Hall–Kier alpha value is -0.990. The van der Waals surface area contributed by atoms with Crippen LogP contribution in [-0.4, -0.2) is 11.4 Å². The third kappa shape index (κ3) is 1.76. The van der Waals surface area contributed by atoms with Crippen molar-refractivity contribution in [3.05, 3.63) is 42.0 Å². The molecule has 0 saturated carbocycles. The second-order valence-electron chi connectivity index (χ2n) is 3.21. The molecule has 72 valence electrons. The van der Waals surface area contributed by atoms with Crippen LogP contribution in [0.15, 0.2) is 41.3 Å². The van der Waals surface area contributed by atoms with Gasteiger partial charge in [0.15, 0.2) is 0 Å². The van der Waals surface area contributed by atoms with Gasteiger partial charge in [-0.15, -0.1) is 11.8 Å². The monoisotopic (exact) mass is 204 g/mol. The molecule has 0 atom stereocenters. The maximum Gasteiger partial charge on any atom is 0.0682 e. The second-order valence-corrected chi connectivity index (χ2v) is 4.09. The first-order valence-electron chi connectivity index (χ1n) is 4.51. The van der Waals surface area contributed by atoms with Crippen LogP contribution in [0.4, 0.5) is 0 Å². The highest BCUT2D eigenvalue weighted by Gasteiger charge is 1.97. The van der Waals surface area contributed by atoms with Crippen molar-refractivity contribution in [1.29, 1.82) is 0 Å². The number of thioether (sulfide) groups is 1. The van der Waals surface area contributed by atoms with E-state index in [1.54, 1.807) is 11.8 Å². The molecule has 2 aromatic carbocycles. The van der Waals surface area contributed by atoms with Gasteiger partial charge < -0.3 is 5.11 Å². The number of hydrogen-bond acceptors (Lipinski definition) is 2. The van der Waals surface area contributed by atoms with Crippen molar-refractivity contribution in [2.75, 3.05) is 6.26 Å². The lowest BCUT2D eigenvalue weighted by atomic mass is 10.1. The molecule has 14 heavy (non-hydrogen) atoms. The zero-order valence-electron chi connectivity index (χ0n) is 8.03. The van der Waals surface area contributed by atoms with Gasteiger partial charge in [0.05, 0.1) is 6.61 Å². The lowest BCUT2D eigenvalue weighted by molar-refractivity contribution is 0.282. The Morgan fingerprint density at radius 2 is 1.79 bits per heavy atom. The summed E-state index contributed by atoms with van der Waals surface area (Å²) in [5, 5.41) is 11.4. The number of fused-ring (bicyclic) bond motifs is 1. The maximum absolute atomic E-state index is 8.99. The highest BCUT2D eigenvalue weighted by molar-refractivity contribution is 7.98. The molecule has 0 saturated heterocycles. The Morgan fingerprint density at radius 1 is 1.07 bits per heavy atom. The Balaban J connectivity index is 2.57. The van der Waals surface area contributed by atoms with E-state index in [1.165, 1.54) is 15.7 Å². The maximum atomic E-state index is 8.99. The predicted molar refractivity (Wildman–Crippen MR) is 61.7 cm³/mol. The molecule has 1 N–H and O–H groups in total. The van der Waals surface area contributed by atoms with E-state index in [4.69, 9.17) is 5.11 Å². The van der Waals surface area contributed by atoms with Gasteiger partial charge in [-0.2, -0.15) is 0 Å². The first-order chi connectivity index (χ1) is 6.83. The van der Waals surface area contributed by atoms with Crippen LogP contribution in [0.3, 0.4) is 0 Å². The number of aliphatic hydroxyl groups excluding tert-OH is 1. The second kappa shape index (κ2) is 4.03. The Morgan fingerprint density at radius 3 is 2.50 bits per heavy atom. The van der Waals surface area contributed by atoms with Crippen molar-refractivity contribution in [2.24, 2.45) is 0 Å². The fourth-order valence-electron chi connectivity index (χ4n) is 1.50. The van der Waals surface area contributed by atoms with Crippen LogP contribution in [0.25, 0.3) is 10.8 Å². The SMILES string of the molecule is CSc1ccc2cc(CO)ccc2c1. The third-order valence-corrected chi connectivity index (χ3v) is 3.02. The summed E-state index contributed by atoms with van der Waals surface area (Å²) in [6, 6.07) is 12.4. The van der Waals surface area contributed by atoms with E-state index in [-0.39, 0.29) is 6.61 Å². The number of benzene rings is 2. The zero-order chi connectivity index (χ0) is 9.97. The van der Waals surface area contributed by atoms with Gasteiger partial charge in [0.2, 0.25) is 0 Å². The molecular formula is C12H12OS. The molecule has 0 amide bonds. The standard InChI is InChI=1S/C12H12OS/c1-14-12-5-4-10-6-9(8-13)2-3-11(10)7-12/h2-7,13H,8H2,1H3. The van der Waals surface area contributed by atoms with Gasteiger partial charge in [0.1, 0.15) is 0 Å². The largest absolute Gasteiger partial charge is 0.392 e. The normalized spacial score (nSPS) is 10.7. The topological polar surface area (TPSA) is 20.2 Å². The van der Waals surface area contributed by atoms with Crippen molar-refractivity contribution in [1.82, 2.24) is 0 Å². The number of hydrogen-bond donors (Lipinski definition) is 1. The minimum Gasteiger partial charge on any atom is -0.392 e. The highest BCUT2D eigenvalue weighted by atomic mass is 32.2. The van der Waals surface area contributed by atoms with Crippen molar-refractivity contribution < 1.29 is 5.11 Å². The first-order valence-corrected chi connectivity index (χ1v) is 5.73. The fraction of sp³-hybridized carbons (Fsp3) is 0.167. The first kappa shape index (κ1) is 9.56. The average Bonchev–Trinajstić information content (AvgIpc) is 2.27. The quantitative estimate of drug-likeness (QED) is 0.759. The summed E-state index contributed by atoms with van der Waals surface area (Å²) in [7, 11) is 0. The Kier molecular flexibility index (Phi) is 2.75. The molecule has 0 aliphatic heterocycles. The molecule has 2 heteroatoms. The molecule has 0 spiro atoms. The molecule has 0 aromatic heterocycles. The van der Waals surface area contributed by atoms with E-state index in [1.807, 2.05) is 12.1 Å². The molecule has 0 aliphatic carbocycles. The van der Waals surface area contributed by atoms with Gasteiger partial charge in [0, 0.05) is 4.90 Å². The van der Waals surface area contributed by atoms with Crippen LogP contribution in [0.2, 0.25) is 0 Å². The van der Waals surface area contributed by atoms with E-state index < -0.39 is 0 Å². The van der Waals surface area contributed by atoms with E-state index in [0.29, 0.717) is 0 Å². The van der Waals surface area contributed by atoms with Crippen LogP contribution in [0.5, 0.6) is 0 Å². The smallest absolute Gasteiger partial charge is 0.0682 e. The van der Waals surface area contributed by atoms with Crippen molar-refractivity contribution in [3.8, 4) is 0 Å². The fourth-order valence-corrected chi connectivity index (χ4v) is 1.95. The molecule has 0 fully saturated rings. The summed E-state index contributed by atoms with van der Waals surface area (Å²) in [4.78, 5) is 1.27. The molecule has 0 radical (unpaired) electrons. The highest BCUT2D eigenvalue weighted by Crippen LogP contribution is 2.22. The molecule has 0 aliphatic rings. The van der Waals surface area contributed by atoms with Gasteiger partial charge in [-0.1, -0.05) is 18.2 Å². The molecule has 0 unspecified atom stereocenters. The van der Waals surface area contributed by atoms with E-state index in [0.717, 1.165) is 5.56 Å². The van der Waals surface area contributed by atoms with Crippen LogP contribution in [-0.2, 0) is 6.61 Å². The van der Waals surface area contributed by atoms with Gasteiger partial charge in [-0.3, -0.25) is 0 Å². The van der Waals surface area contributed by atoms with Crippen molar-refractivity contribution in [2.45, 2.75) is 11.5 Å². The summed E-state index contributed by atoms with van der Waals surface area (Å²) in [5.41, 5.74) is 0.967. The van der Waals surface area contributed by atoms with Crippen LogP contribution >= 0.6 is 11.8 Å². The van der Waals surface area contributed by atoms with Gasteiger partial charge in [0.25, 0.3) is 0 Å². The summed E-state index contributed by atoms with van der Waals surface area (Å²) in [6.07, 6.45) is 2.07. The summed E-state index contributed by atoms with van der Waals surface area (Å²) in [6.45, 7) is 0.111. The Labute approximate surface area is 87.8 Å². The number of aliphatic hydroxyl groups is 1. The third-order valence-electron chi connectivity index (χ3n) is 2.29. The number of rotatable bonds is 2. The van der Waals surface area contributed by atoms with E-state index in [2.05, 4.69) is 30.5 Å². The van der Waals surface area contributed by atoms with Gasteiger partial charge >= 0.3 is 0 Å². The van der Waals surface area contributed by atoms with Crippen LogP contribution in [0, 0.1) is 0 Å². The molecule has 2 aromatic rings. The van der Waals surface area contributed by atoms with Crippen LogP contribution in [0.1, 0.15) is 5.56 Å². The Bertz CT molecular complexity index is 408. The lowest BCUT2D eigenvalue weighted by Gasteiger charge is -2.02. The van der Waals surface area contributed by atoms with Crippen LogP contribution < -0.4 is 0 Å². The molecule has 0 bridgehead atoms. The molecule has 0 heterocycles. The van der Waals surface area contributed by atoms with Crippen molar-refractivity contribution >= 4 is 22.5 Å². The predicted octanol–water partition coefficient (Wildman–Crippen LogP) is 3.05. The van der Waals surface area contributed by atoms with E-state index in [9.17, 15) is 0 Å². The summed E-state index contributed by atoms with van der Waals surface area (Å²) < 4.78 is 0. The molecular weight excluding hydrogens is 192 g/mol. The van der Waals surface area contributed by atoms with Crippen molar-refractivity contribution in [3.63, 3.8) is 0 Å². The minimum atomic E-state index is 0.111. The zero-order valence-corrected chi connectivity index (χ0v) is 8.84. The average molecular weight is 204 g/mol. The minimum absolute atomic E-state index is 0.111. The summed E-state index contributed by atoms with van der Waals surface area (Å²) in [5.74, 6) is 0. The molecule has 2 rings (SSSR count). The molecule has 1 nitrogen and oxygen atoms in total.